The molecule has 2 aromatic heterocycles. The SMILES string of the molecule is CN=C(NCCCc1nc2ccccc2[nH]1)NCC1CCCN(C)C1c1cccs1. The summed E-state index contributed by atoms with van der Waals surface area (Å²) in [5.74, 6) is 2.53. The first-order chi connectivity index (χ1) is 14.7. The van der Waals surface area contributed by atoms with Gasteiger partial charge in [-0.2, -0.15) is 0 Å². The van der Waals surface area contributed by atoms with Crippen LogP contribution in [0.15, 0.2) is 46.8 Å². The zero-order valence-corrected chi connectivity index (χ0v) is 18.7. The van der Waals surface area contributed by atoms with Gasteiger partial charge in [-0.15, -0.1) is 11.3 Å². The van der Waals surface area contributed by atoms with Crippen LogP contribution in [0.2, 0.25) is 0 Å². The Kier molecular flexibility index (Phi) is 7.02. The standard InChI is InChI=1S/C23H32N6S/c1-24-23(25-13-5-12-21-27-18-9-3-4-10-19(18)28-21)26-16-17-8-6-14-29(2)22(17)20-11-7-15-30-20/h3-4,7,9-11,15,17,22H,5-6,8,12-14,16H2,1-2H3,(H,27,28)(H2,24,25,26). The number of nitrogens with one attached hydrogen (secondary N) is 3. The molecule has 1 fully saturated rings. The van der Waals surface area contributed by atoms with E-state index in [2.05, 4.69) is 61.1 Å². The maximum atomic E-state index is 4.65. The van der Waals surface area contributed by atoms with Gasteiger partial charge >= 0.3 is 0 Å². The summed E-state index contributed by atoms with van der Waals surface area (Å²) in [4.78, 5) is 16.4. The average molecular weight is 425 g/mol. The zero-order valence-electron chi connectivity index (χ0n) is 17.9. The van der Waals surface area contributed by atoms with E-state index in [1.807, 2.05) is 36.6 Å². The van der Waals surface area contributed by atoms with Crippen LogP contribution in [0.4, 0.5) is 0 Å². The molecule has 6 nitrogen and oxygen atoms in total. The lowest BCUT2D eigenvalue weighted by Gasteiger charge is -2.39. The van der Waals surface area contributed by atoms with E-state index in [9.17, 15) is 0 Å². The second-order valence-corrected chi connectivity index (χ2v) is 9.01. The molecule has 7 heteroatoms. The highest BCUT2D eigenvalue weighted by atomic mass is 32.1. The third-order valence-corrected chi connectivity index (χ3v) is 6.86. The van der Waals surface area contributed by atoms with Crippen molar-refractivity contribution in [2.45, 2.75) is 31.7 Å². The van der Waals surface area contributed by atoms with Gasteiger partial charge in [-0.1, -0.05) is 18.2 Å². The molecule has 3 N–H and O–H groups in total. The predicted molar refractivity (Wildman–Crippen MR) is 126 cm³/mol. The molecule has 0 spiro atoms. The molecule has 3 aromatic rings. The van der Waals surface area contributed by atoms with E-state index in [4.69, 9.17) is 0 Å². The highest BCUT2D eigenvalue weighted by Crippen LogP contribution is 2.36. The number of H-pyrrole nitrogens is 1. The number of imidazole rings is 1. The monoisotopic (exact) mass is 424 g/mol. The van der Waals surface area contributed by atoms with Crippen LogP contribution in [0.5, 0.6) is 0 Å². The molecule has 0 saturated carbocycles. The van der Waals surface area contributed by atoms with Crippen LogP contribution < -0.4 is 10.6 Å². The van der Waals surface area contributed by atoms with Gasteiger partial charge in [0.1, 0.15) is 5.82 Å². The fourth-order valence-electron chi connectivity index (χ4n) is 4.42. The van der Waals surface area contributed by atoms with E-state index in [0.29, 0.717) is 12.0 Å². The van der Waals surface area contributed by atoms with Crippen LogP contribution >= 0.6 is 11.3 Å². The van der Waals surface area contributed by atoms with E-state index < -0.39 is 0 Å². The molecule has 160 valence electrons. The quantitative estimate of drug-likeness (QED) is 0.307. The van der Waals surface area contributed by atoms with E-state index in [1.165, 1.54) is 24.3 Å². The fraction of sp³-hybridized carbons (Fsp3) is 0.478. The maximum absolute atomic E-state index is 4.65. The van der Waals surface area contributed by atoms with Crippen LogP contribution in [0.25, 0.3) is 11.0 Å². The van der Waals surface area contributed by atoms with Gasteiger partial charge in [-0.25, -0.2) is 4.98 Å². The Morgan fingerprint density at radius 2 is 2.17 bits per heavy atom. The maximum Gasteiger partial charge on any atom is 0.190 e. The van der Waals surface area contributed by atoms with Crippen molar-refractivity contribution in [3.05, 3.63) is 52.5 Å². The molecule has 3 heterocycles. The Morgan fingerprint density at radius 1 is 1.27 bits per heavy atom. The van der Waals surface area contributed by atoms with Crippen LogP contribution in [0, 0.1) is 5.92 Å². The number of thiophene rings is 1. The molecule has 1 saturated heterocycles. The summed E-state index contributed by atoms with van der Waals surface area (Å²) in [5, 5.41) is 9.21. The average Bonchev–Trinajstić information content (AvgIpc) is 3.43. The number of para-hydroxylation sites is 2. The summed E-state index contributed by atoms with van der Waals surface area (Å²) in [6, 6.07) is 13.1. The van der Waals surface area contributed by atoms with E-state index in [1.54, 1.807) is 0 Å². The van der Waals surface area contributed by atoms with Gasteiger partial charge in [0, 0.05) is 37.5 Å². The van der Waals surface area contributed by atoms with Crippen molar-refractivity contribution >= 4 is 28.3 Å². The molecule has 4 rings (SSSR count). The topological polar surface area (TPSA) is 68.3 Å². The van der Waals surface area contributed by atoms with Crippen molar-refractivity contribution in [1.82, 2.24) is 25.5 Å². The lowest BCUT2D eigenvalue weighted by molar-refractivity contribution is 0.125. The highest BCUT2D eigenvalue weighted by Gasteiger charge is 2.31. The fourth-order valence-corrected chi connectivity index (χ4v) is 5.40. The Balaban J connectivity index is 1.24. The molecule has 0 amide bonds. The number of guanidine groups is 1. The number of hydrogen-bond donors (Lipinski definition) is 3. The second kappa shape index (κ2) is 10.1. The summed E-state index contributed by atoms with van der Waals surface area (Å²) < 4.78 is 0. The van der Waals surface area contributed by atoms with Gasteiger partial charge in [-0.05, 0) is 62.4 Å². The van der Waals surface area contributed by atoms with Gasteiger partial charge in [0.25, 0.3) is 0 Å². The lowest BCUT2D eigenvalue weighted by Crippen LogP contribution is -2.45. The molecule has 0 bridgehead atoms. The largest absolute Gasteiger partial charge is 0.356 e. The van der Waals surface area contributed by atoms with Crippen LogP contribution in [0.1, 0.15) is 36.0 Å². The van der Waals surface area contributed by atoms with Crippen molar-refractivity contribution in [2.24, 2.45) is 10.9 Å². The van der Waals surface area contributed by atoms with Crippen molar-refractivity contribution in [2.75, 3.05) is 33.7 Å². The molecule has 0 radical (unpaired) electrons. The molecule has 30 heavy (non-hydrogen) atoms. The molecule has 0 aliphatic carbocycles. The van der Waals surface area contributed by atoms with Crippen molar-refractivity contribution in [3.8, 4) is 0 Å². The Labute approximate surface area is 182 Å². The van der Waals surface area contributed by atoms with Gasteiger partial charge in [-0.3, -0.25) is 9.89 Å². The van der Waals surface area contributed by atoms with Gasteiger partial charge < -0.3 is 15.6 Å². The van der Waals surface area contributed by atoms with Crippen molar-refractivity contribution < 1.29 is 0 Å². The van der Waals surface area contributed by atoms with Gasteiger partial charge in [0.2, 0.25) is 0 Å². The first-order valence-corrected chi connectivity index (χ1v) is 11.7. The minimum absolute atomic E-state index is 0.498. The first-order valence-electron chi connectivity index (χ1n) is 10.9. The number of aromatic nitrogens is 2. The lowest BCUT2D eigenvalue weighted by atomic mass is 9.88. The first kappa shape index (κ1) is 20.9. The normalized spacial score (nSPS) is 20.5. The van der Waals surface area contributed by atoms with Crippen molar-refractivity contribution in [3.63, 3.8) is 0 Å². The predicted octanol–water partition coefficient (Wildman–Crippen LogP) is 3.81. The number of likely N-dealkylation sites (tertiary alicyclic amines) is 1. The minimum atomic E-state index is 0.498. The van der Waals surface area contributed by atoms with Crippen LogP contribution in [-0.2, 0) is 6.42 Å². The smallest absolute Gasteiger partial charge is 0.190 e. The number of rotatable bonds is 7. The van der Waals surface area contributed by atoms with E-state index >= 15 is 0 Å². The third-order valence-electron chi connectivity index (χ3n) is 5.92. The molecular weight excluding hydrogens is 392 g/mol. The summed E-state index contributed by atoms with van der Waals surface area (Å²) in [6.07, 6.45) is 4.44. The van der Waals surface area contributed by atoms with Gasteiger partial charge in [0.05, 0.1) is 11.0 Å². The number of nitrogens with zero attached hydrogens (tertiary/aromatic N) is 3. The number of hydrogen-bond acceptors (Lipinski definition) is 4. The summed E-state index contributed by atoms with van der Waals surface area (Å²) in [6.45, 7) is 2.99. The number of aliphatic imine (C=N–C) groups is 1. The summed E-state index contributed by atoms with van der Waals surface area (Å²) in [5.41, 5.74) is 2.14. The number of benzene rings is 1. The minimum Gasteiger partial charge on any atom is -0.356 e. The number of aryl methyl sites for hydroxylation is 1. The van der Waals surface area contributed by atoms with Gasteiger partial charge in [0.15, 0.2) is 5.96 Å². The zero-order chi connectivity index (χ0) is 20.8. The molecular formula is C23H32N6S. The molecule has 2 unspecified atom stereocenters. The molecule has 1 aromatic carbocycles. The van der Waals surface area contributed by atoms with E-state index in [-0.39, 0.29) is 0 Å². The Hall–Kier alpha value is -2.38. The molecule has 1 aliphatic rings. The number of aromatic amines is 1. The molecule has 1 aliphatic heterocycles. The third kappa shape index (κ3) is 5.02. The highest BCUT2D eigenvalue weighted by molar-refractivity contribution is 7.10. The number of piperidine rings is 1. The molecule has 2 atom stereocenters. The van der Waals surface area contributed by atoms with Crippen LogP contribution in [0.3, 0.4) is 0 Å². The van der Waals surface area contributed by atoms with Crippen LogP contribution in [-0.4, -0.2) is 54.6 Å². The van der Waals surface area contributed by atoms with E-state index in [0.717, 1.165) is 48.7 Å². The second-order valence-electron chi connectivity index (χ2n) is 8.03. The summed E-state index contributed by atoms with van der Waals surface area (Å²) in [7, 11) is 4.10. The Bertz CT molecular complexity index is 915. The van der Waals surface area contributed by atoms with Crippen molar-refractivity contribution in [1.29, 1.82) is 0 Å². The number of fused-ring (bicyclic) bond motifs is 1. The Morgan fingerprint density at radius 3 is 2.97 bits per heavy atom. The summed E-state index contributed by atoms with van der Waals surface area (Å²) >= 11 is 1.87.